The number of ether oxygens (including phenoxy) is 1. The first-order chi connectivity index (χ1) is 19.0. The fraction of sp³-hybridized carbons (Fsp3) is 0.344. The molecule has 2 amide bonds. The van der Waals surface area contributed by atoms with Crippen molar-refractivity contribution in [3.8, 4) is 11.1 Å². The minimum absolute atomic E-state index is 0.0494. The van der Waals surface area contributed by atoms with E-state index in [9.17, 15) is 19.5 Å². The van der Waals surface area contributed by atoms with Crippen molar-refractivity contribution in [3.63, 3.8) is 0 Å². The molecule has 3 aromatic rings. The first-order valence-electron chi connectivity index (χ1n) is 13.7. The van der Waals surface area contributed by atoms with Crippen LogP contribution in [0.1, 0.15) is 54.7 Å². The molecule has 2 aliphatic rings. The van der Waals surface area contributed by atoms with Gasteiger partial charge in [0.25, 0.3) is 0 Å². The Labute approximate surface area is 228 Å². The zero-order valence-electron chi connectivity index (χ0n) is 21.9. The van der Waals surface area contributed by atoms with Crippen LogP contribution >= 0.6 is 0 Å². The summed E-state index contributed by atoms with van der Waals surface area (Å²) in [5.41, 5.74) is 5.46. The number of hydrogen-bond acceptors (Lipinski definition) is 4. The Morgan fingerprint density at radius 2 is 1.44 bits per heavy atom. The Hall–Kier alpha value is -4.13. The van der Waals surface area contributed by atoms with E-state index in [1.807, 2.05) is 54.6 Å². The van der Waals surface area contributed by atoms with Crippen LogP contribution in [0.5, 0.6) is 0 Å². The van der Waals surface area contributed by atoms with Crippen molar-refractivity contribution in [1.82, 2.24) is 10.2 Å². The number of amides is 2. The van der Waals surface area contributed by atoms with Gasteiger partial charge in [0.15, 0.2) is 0 Å². The van der Waals surface area contributed by atoms with Gasteiger partial charge in [0, 0.05) is 18.5 Å². The van der Waals surface area contributed by atoms with E-state index in [0.717, 1.165) is 47.1 Å². The number of carboxylic acids is 1. The van der Waals surface area contributed by atoms with Crippen molar-refractivity contribution in [2.24, 2.45) is 5.92 Å². The van der Waals surface area contributed by atoms with Crippen molar-refractivity contribution in [2.75, 3.05) is 13.2 Å². The molecule has 3 aromatic carbocycles. The molecule has 2 aliphatic carbocycles. The third kappa shape index (κ3) is 6.14. The zero-order valence-corrected chi connectivity index (χ0v) is 21.9. The molecular formula is C32H34N2O5. The smallest absolute Gasteiger partial charge is 0.407 e. The van der Waals surface area contributed by atoms with E-state index < -0.39 is 24.0 Å². The molecule has 39 heavy (non-hydrogen) atoms. The van der Waals surface area contributed by atoms with Gasteiger partial charge < -0.3 is 20.1 Å². The van der Waals surface area contributed by atoms with Crippen LogP contribution < -0.4 is 5.32 Å². The van der Waals surface area contributed by atoms with Crippen LogP contribution in [0.3, 0.4) is 0 Å². The quantitative estimate of drug-likeness (QED) is 0.373. The summed E-state index contributed by atoms with van der Waals surface area (Å²) in [6, 6.07) is 25.3. The molecule has 7 heteroatoms. The number of carboxylic acid groups (broad SMARTS) is 1. The van der Waals surface area contributed by atoms with E-state index >= 15 is 0 Å². The van der Waals surface area contributed by atoms with Gasteiger partial charge in [-0.3, -0.25) is 9.59 Å². The number of alkyl carbamates (subject to hydrolysis) is 1. The molecule has 1 saturated carbocycles. The molecule has 0 aliphatic heterocycles. The first kappa shape index (κ1) is 26.5. The Kier molecular flexibility index (Phi) is 8.25. The van der Waals surface area contributed by atoms with E-state index in [-0.39, 0.29) is 31.5 Å². The molecule has 2 N–H and O–H groups in total. The van der Waals surface area contributed by atoms with E-state index in [4.69, 9.17) is 4.74 Å². The van der Waals surface area contributed by atoms with Crippen LogP contribution in [0.4, 0.5) is 4.79 Å². The summed E-state index contributed by atoms with van der Waals surface area (Å²) in [6.07, 6.45) is 3.39. The monoisotopic (exact) mass is 526 g/mol. The zero-order chi connectivity index (χ0) is 27.2. The fourth-order valence-corrected chi connectivity index (χ4v) is 5.98. The Morgan fingerprint density at radius 3 is 2.10 bits per heavy atom. The first-order valence-corrected chi connectivity index (χ1v) is 13.7. The third-order valence-corrected chi connectivity index (χ3v) is 7.83. The molecule has 0 saturated heterocycles. The molecule has 1 fully saturated rings. The Morgan fingerprint density at radius 1 is 0.821 bits per heavy atom. The summed E-state index contributed by atoms with van der Waals surface area (Å²) in [5, 5.41) is 12.5. The van der Waals surface area contributed by atoms with Gasteiger partial charge in [0.2, 0.25) is 5.91 Å². The van der Waals surface area contributed by atoms with Crippen molar-refractivity contribution >= 4 is 18.0 Å². The molecule has 0 radical (unpaired) electrons. The summed E-state index contributed by atoms with van der Waals surface area (Å²) >= 11 is 0. The Balaban J connectivity index is 1.27. The topological polar surface area (TPSA) is 95.9 Å². The van der Waals surface area contributed by atoms with Crippen LogP contribution in [0.2, 0.25) is 0 Å². The number of carbonyl (C=O) groups is 3. The van der Waals surface area contributed by atoms with Crippen LogP contribution in [-0.4, -0.2) is 47.2 Å². The van der Waals surface area contributed by atoms with Crippen LogP contribution in [0.25, 0.3) is 11.1 Å². The molecular weight excluding hydrogens is 492 g/mol. The second-order valence-electron chi connectivity index (χ2n) is 10.4. The van der Waals surface area contributed by atoms with Crippen LogP contribution in [0.15, 0.2) is 78.9 Å². The minimum atomic E-state index is -1.06. The van der Waals surface area contributed by atoms with Gasteiger partial charge in [-0.05, 0) is 40.7 Å². The molecule has 2 unspecified atom stereocenters. The fourth-order valence-electron chi connectivity index (χ4n) is 5.98. The predicted molar refractivity (Wildman–Crippen MR) is 148 cm³/mol. The van der Waals surface area contributed by atoms with E-state index in [1.165, 1.54) is 4.90 Å². The lowest BCUT2D eigenvalue weighted by Crippen LogP contribution is -2.48. The largest absolute Gasteiger partial charge is 0.480 e. The number of aliphatic carboxylic acids is 1. The van der Waals surface area contributed by atoms with E-state index in [2.05, 4.69) is 29.6 Å². The number of hydrogen-bond donors (Lipinski definition) is 2. The molecule has 0 spiro atoms. The van der Waals surface area contributed by atoms with Gasteiger partial charge in [-0.1, -0.05) is 98.1 Å². The number of carbonyl (C=O) groups excluding carboxylic acids is 2. The molecule has 5 rings (SSSR count). The highest BCUT2D eigenvalue weighted by Crippen LogP contribution is 2.44. The lowest BCUT2D eigenvalue weighted by Gasteiger charge is -2.30. The SMILES string of the molecule is O=C(O)CN(Cc1ccccc1)C(=O)C1CCCCCC1NC(=O)OCC1c2ccccc2-c2ccccc21. The average Bonchev–Trinajstić information content (AvgIpc) is 3.08. The lowest BCUT2D eigenvalue weighted by atomic mass is 9.93. The molecule has 0 bridgehead atoms. The highest BCUT2D eigenvalue weighted by molar-refractivity contribution is 5.84. The molecule has 0 heterocycles. The highest BCUT2D eigenvalue weighted by Gasteiger charge is 2.35. The van der Waals surface area contributed by atoms with Crippen molar-refractivity contribution in [2.45, 2.75) is 50.6 Å². The second kappa shape index (κ2) is 12.2. The number of nitrogens with zero attached hydrogens (tertiary/aromatic N) is 1. The standard InChI is InChI=1S/C32H34N2O5/c35-30(36)20-34(19-22-11-3-1-4-12-22)31(37)27-17-5-2-6-18-29(27)33-32(38)39-21-28-25-15-9-7-13-23(25)24-14-8-10-16-26(24)28/h1,3-4,7-16,27-29H,2,5-6,17-21H2,(H,33,38)(H,35,36). The summed E-state index contributed by atoms with van der Waals surface area (Å²) in [4.78, 5) is 39.8. The van der Waals surface area contributed by atoms with Gasteiger partial charge in [-0.25, -0.2) is 4.79 Å². The number of nitrogens with one attached hydrogen (secondary N) is 1. The average molecular weight is 527 g/mol. The van der Waals surface area contributed by atoms with Crippen molar-refractivity contribution < 1.29 is 24.2 Å². The molecule has 7 nitrogen and oxygen atoms in total. The van der Waals surface area contributed by atoms with Crippen LogP contribution in [0, 0.1) is 5.92 Å². The molecule has 0 aromatic heterocycles. The number of fused-ring (bicyclic) bond motifs is 3. The maximum Gasteiger partial charge on any atom is 0.407 e. The second-order valence-corrected chi connectivity index (χ2v) is 10.4. The highest BCUT2D eigenvalue weighted by atomic mass is 16.5. The van der Waals surface area contributed by atoms with Crippen molar-refractivity contribution in [1.29, 1.82) is 0 Å². The lowest BCUT2D eigenvalue weighted by molar-refractivity contribution is -0.147. The maximum absolute atomic E-state index is 13.7. The van der Waals surface area contributed by atoms with Gasteiger partial charge in [0.05, 0.1) is 5.92 Å². The minimum Gasteiger partial charge on any atom is -0.480 e. The number of benzene rings is 3. The van der Waals surface area contributed by atoms with Gasteiger partial charge in [-0.15, -0.1) is 0 Å². The summed E-state index contributed by atoms with van der Waals surface area (Å²) in [6.45, 7) is 0.0202. The molecule has 2 atom stereocenters. The van der Waals surface area contributed by atoms with E-state index in [1.54, 1.807) is 0 Å². The van der Waals surface area contributed by atoms with Gasteiger partial charge in [-0.2, -0.15) is 0 Å². The third-order valence-electron chi connectivity index (χ3n) is 7.83. The van der Waals surface area contributed by atoms with Gasteiger partial charge in [0.1, 0.15) is 13.2 Å². The number of rotatable bonds is 8. The van der Waals surface area contributed by atoms with Crippen LogP contribution in [-0.2, 0) is 20.9 Å². The van der Waals surface area contributed by atoms with E-state index in [0.29, 0.717) is 12.8 Å². The molecule has 202 valence electrons. The summed E-state index contributed by atoms with van der Waals surface area (Å²) < 4.78 is 5.76. The summed E-state index contributed by atoms with van der Waals surface area (Å²) in [7, 11) is 0. The van der Waals surface area contributed by atoms with Crippen molar-refractivity contribution in [3.05, 3.63) is 95.6 Å². The Bertz CT molecular complexity index is 1280. The predicted octanol–water partition coefficient (Wildman–Crippen LogP) is 5.59. The summed E-state index contributed by atoms with van der Waals surface area (Å²) in [5.74, 6) is -1.86. The normalized spacial score (nSPS) is 18.4. The van der Waals surface area contributed by atoms with Gasteiger partial charge >= 0.3 is 12.1 Å². The maximum atomic E-state index is 13.7.